The molecule has 0 N–H and O–H groups in total. The molecule has 6 nitrogen and oxygen atoms in total. The average molecular weight is 509 g/mol. The summed E-state index contributed by atoms with van der Waals surface area (Å²) in [7, 11) is 0. The van der Waals surface area contributed by atoms with Gasteiger partial charge in [-0.2, -0.15) is 0 Å². The fraction of sp³-hybridized carbons (Fsp3) is 0.344. The van der Waals surface area contributed by atoms with Crippen molar-refractivity contribution < 1.29 is 9.59 Å². The van der Waals surface area contributed by atoms with Gasteiger partial charge >= 0.3 is 0 Å². The number of fused-ring (bicyclic) bond motifs is 1. The molecule has 2 heterocycles. The first-order valence-corrected chi connectivity index (χ1v) is 13.7. The Kier molecular flexibility index (Phi) is 7.59. The third-order valence-electron chi connectivity index (χ3n) is 7.35. The topological polar surface area (TPSA) is 58.4 Å². The Balaban J connectivity index is 1.43. The lowest BCUT2D eigenvalue weighted by Crippen LogP contribution is -2.39. The predicted octanol–water partition coefficient (Wildman–Crippen LogP) is 6.34. The van der Waals surface area contributed by atoms with E-state index >= 15 is 0 Å². The maximum Gasteiger partial charge on any atom is 0.247 e. The van der Waals surface area contributed by atoms with E-state index in [2.05, 4.69) is 31.2 Å². The predicted molar refractivity (Wildman–Crippen MR) is 154 cm³/mol. The summed E-state index contributed by atoms with van der Waals surface area (Å²) in [4.78, 5) is 35.5. The molecule has 0 spiro atoms. The molecule has 1 fully saturated rings. The van der Waals surface area contributed by atoms with Crippen molar-refractivity contribution >= 4 is 34.2 Å². The molecule has 1 atom stereocenters. The first-order valence-electron chi connectivity index (χ1n) is 13.7. The van der Waals surface area contributed by atoms with Gasteiger partial charge in [0.1, 0.15) is 12.4 Å². The van der Waals surface area contributed by atoms with E-state index in [0.717, 1.165) is 47.5 Å². The van der Waals surface area contributed by atoms with Gasteiger partial charge in [-0.25, -0.2) is 4.98 Å². The number of amides is 2. The number of nitrogens with zero attached hydrogens (tertiary/aromatic N) is 4. The second-order valence-corrected chi connectivity index (χ2v) is 10.4. The monoisotopic (exact) mass is 508 g/mol. The van der Waals surface area contributed by atoms with Gasteiger partial charge in [0, 0.05) is 36.3 Å². The lowest BCUT2D eigenvalue weighted by Gasteiger charge is -2.27. The largest absolute Gasteiger partial charge is 0.318 e. The van der Waals surface area contributed by atoms with Crippen LogP contribution in [-0.4, -0.2) is 34.0 Å². The molecular formula is C32H36N4O2. The van der Waals surface area contributed by atoms with E-state index in [1.807, 2.05) is 82.8 Å². The van der Waals surface area contributed by atoms with Gasteiger partial charge in [-0.15, -0.1) is 0 Å². The molecule has 2 amide bonds. The number of aryl methyl sites for hydroxylation is 1. The molecule has 0 saturated carbocycles. The molecular weight excluding hydrogens is 472 g/mol. The maximum atomic E-state index is 13.7. The summed E-state index contributed by atoms with van der Waals surface area (Å²) in [5.41, 5.74) is 4.86. The lowest BCUT2D eigenvalue weighted by molar-refractivity contribution is -0.119. The summed E-state index contributed by atoms with van der Waals surface area (Å²) < 4.78 is 2.02. The highest BCUT2D eigenvalue weighted by Crippen LogP contribution is 2.33. The van der Waals surface area contributed by atoms with Gasteiger partial charge in [0.2, 0.25) is 11.8 Å². The third-order valence-corrected chi connectivity index (χ3v) is 7.35. The molecule has 1 unspecified atom stereocenters. The van der Waals surface area contributed by atoms with E-state index in [1.165, 1.54) is 5.56 Å². The molecule has 6 heteroatoms. The standard InChI is InChI=1S/C32H36N4O2/c1-4-5-11-24-16-18-26(19-17-24)34-21-25(20-30(34)37)32-33-28-14-9-10-15-29(28)35(32)22-31(38)36(23(2)3)27-12-7-6-8-13-27/h6-10,12-19,23,25H,4-5,11,20-22H2,1-3H3. The number of carbonyl (C=O) groups excluding carboxylic acids is 2. The third kappa shape index (κ3) is 5.21. The average Bonchev–Trinajstić information content (AvgIpc) is 3.48. The normalized spacial score (nSPS) is 15.5. The first kappa shape index (κ1) is 25.7. The molecule has 0 aliphatic carbocycles. The van der Waals surface area contributed by atoms with E-state index in [0.29, 0.717) is 13.0 Å². The highest BCUT2D eigenvalue weighted by Gasteiger charge is 2.35. The summed E-state index contributed by atoms with van der Waals surface area (Å²) >= 11 is 0. The molecule has 38 heavy (non-hydrogen) atoms. The number of aromatic nitrogens is 2. The maximum absolute atomic E-state index is 13.7. The molecule has 1 aliphatic rings. The Labute approximate surface area is 224 Å². The van der Waals surface area contributed by atoms with E-state index in [9.17, 15) is 9.59 Å². The summed E-state index contributed by atoms with van der Waals surface area (Å²) in [6.07, 6.45) is 3.76. The Hall–Kier alpha value is -3.93. The van der Waals surface area contributed by atoms with Crippen LogP contribution < -0.4 is 9.80 Å². The van der Waals surface area contributed by atoms with Gasteiger partial charge in [-0.3, -0.25) is 9.59 Å². The SMILES string of the molecule is CCCCc1ccc(N2CC(c3nc4ccccc4n3CC(=O)N(c3ccccc3)C(C)C)CC2=O)cc1. The van der Waals surface area contributed by atoms with Crippen molar-refractivity contribution in [3.63, 3.8) is 0 Å². The van der Waals surface area contributed by atoms with Crippen LogP contribution in [0.25, 0.3) is 11.0 Å². The zero-order valence-electron chi connectivity index (χ0n) is 22.5. The van der Waals surface area contributed by atoms with Crippen LogP contribution >= 0.6 is 0 Å². The van der Waals surface area contributed by atoms with Crippen LogP contribution in [0.1, 0.15) is 57.3 Å². The molecule has 1 aromatic heterocycles. The molecule has 4 aromatic rings. The molecule has 0 radical (unpaired) electrons. The van der Waals surface area contributed by atoms with Gasteiger partial charge < -0.3 is 14.4 Å². The van der Waals surface area contributed by atoms with Crippen molar-refractivity contribution in [2.45, 2.75) is 65.0 Å². The number of hydrogen-bond acceptors (Lipinski definition) is 3. The number of rotatable bonds is 9. The number of benzene rings is 3. The van der Waals surface area contributed by atoms with E-state index in [-0.39, 0.29) is 30.3 Å². The van der Waals surface area contributed by atoms with Crippen molar-refractivity contribution in [2.24, 2.45) is 0 Å². The lowest BCUT2D eigenvalue weighted by atomic mass is 10.1. The van der Waals surface area contributed by atoms with Crippen LogP contribution in [0.4, 0.5) is 11.4 Å². The van der Waals surface area contributed by atoms with Crippen molar-refractivity contribution in [3.05, 3.63) is 90.3 Å². The molecule has 196 valence electrons. The zero-order chi connectivity index (χ0) is 26.6. The number of unbranched alkanes of at least 4 members (excludes halogenated alkanes) is 1. The highest BCUT2D eigenvalue weighted by atomic mass is 16.2. The first-order chi connectivity index (χ1) is 18.5. The second-order valence-electron chi connectivity index (χ2n) is 10.4. The van der Waals surface area contributed by atoms with E-state index in [1.54, 1.807) is 0 Å². The summed E-state index contributed by atoms with van der Waals surface area (Å²) in [6, 6.07) is 26.1. The molecule has 3 aromatic carbocycles. The van der Waals surface area contributed by atoms with Gasteiger partial charge in [0.25, 0.3) is 0 Å². The van der Waals surface area contributed by atoms with Crippen LogP contribution in [0.15, 0.2) is 78.9 Å². The van der Waals surface area contributed by atoms with Gasteiger partial charge in [-0.05, 0) is 68.7 Å². The van der Waals surface area contributed by atoms with Crippen molar-refractivity contribution in [3.8, 4) is 0 Å². The summed E-state index contributed by atoms with van der Waals surface area (Å²) in [5, 5.41) is 0. The minimum atomic E-state index is -0.0910. The van der Waals surface area contributed by atoms with Crippen LogP contribution in [0.3, 0.4) is 0 Å². The van der Waals surface area contributed by atoms with Crippen LogP contribution in [0, 0.1) is 0 Å². The Morgan fingerprint density at radius 3 is 2.42 bits per heavy atom. The highest BCUT2D eigenvalue weighted by molar-refractivity contribution is 5.97. The molecule has 5 rings (SSSR count). The van der Waals surface area contributed by atoms with Crippen molar-refractivity contribution in [1.29, 1.82) is 0 Å². The van der Waals surface area contributed by atoms with Crippen LogP contribution in [-0.2, 0) is 22.6 Å². The van der Waals surface area contributed by atoms with Gasteiger partial charge in [0.15, 0.2) is 0 Å². The Morgan fingerprint density at radius 2 is 1.71 bits per heavy atom. The quantitative estimate of drug-likeness (QED) is 0.265. The molecule has 1 saturated heterocycles. The molecule has 0 bridgehead atoms. The van der Waals surface area contributed by atoms with Crippen molar-refractivity contribution in [2.75, 3.05) is 16.3 Å². The van der Waals surface area contributed by atoms with Crippen LogP contribution in [0.5, 0.6) is 0 Å². The smallest absolute Gasteiger partial charge is 0.247 e. The molecule has 1 aliphatic heterocycles. The van der Waals surface area contributed by atoms with Crippen molar-refractivity contribution in [1.82, 2.24) is 9.55 Å². The number of imidazole rings is 1. The summed E-state index contributed by atoms with van der Waals surface area (Å²) in [5.74, 6) is 0.798. The zero-order valence-corrected chi connectivity index (χ0v) is 22.5. The minimum absolute atomic E-state index is 0.000509. The number of anilines is 2. The van der Waals surface area contributed by atoms with E-state index < -0.39 is 0 Å². The Morgan fingerprint density at radius 1 is 1.00 bits per heavy atom. The minimum Gasteiger partial charge on any atom is -0.318 e. The van der Waals surface area contributed by atoms with E-state index in [4.69, 9.17) is 4.98 Å². The second kappa shape index (κ2) is 11.2. The van der Waals surface area contributed by atoms with Gasteiger partial charge in [-0.1, -0.05) is 55.8 Å². The number of carbonyl (C=O) groups is 2. The fourth-order valence-corrected chi connectivity index (χ4v) is 5.46. The summed E-state index contributed by atoms with van der Waals surface area (Å²) in [6.45, 7) is 6.97. The fourth-order valence-electron chi connectivity index (χ4n) is 5.46. The number of hydrogen-bond donors (Lipinski definition) is 0. The van der Waals surface area contributed by atoms with Crippen LogP contribution in [0.2, 0.25) is 0 Å². The van der Waals surface area contributed by atoms with Gasteiger partial charge in [0.05, 0.1) is 11.0 Å². The number of para-hydroxylation sites is 3. The Bertz CT molecular complexity index is 1410.